The van der Waals surface area contributed by atoms with Crippen LogP contribution in [0.25, 0.3) is 0 Å². The summed E-state index contributed by atoms with van der Waals surface area (Å²) >= 11 is 0. The Kier molecular flexibility index (Phi) is 57.8. The maximum atomic E-state index is 12.9. The Hall–Kier alpha value is -3.15. The van der Waals surface area contributed by atoms with E-state index in [0.717, 1.165) is 96.3 Å². The van der Waals surface area contributed by atoms with Gasteiger partial charge in [0.25, 0.3) is 0 Å². The molecule has 0 amide bonds. The van der Waals surface area contributed by atoms with Crippen LogP contribution in [0, 0.1) is 0 Å². The number of carbonyl (C=O) groups is 3. The molecule has 0 heterocycles. The van der Waals surface area contributed by atoms with Crippen LogP contribution in [0.3, 0.4) is 0 Å². The number of hydrogen-bond acceptors (Lipinski definition) is 6. The molecule has 0 aromatic rings. The Morgan fingerprint density at radius 2 is 0.542 bits per heavy atom. The van der Waals surface area contributed by atoms with E-state index in [4.69, 9.17) is 14.2 Å². The van der Waals surface area contributed by atoms with Crippen LogP contribution in [0.4, 0.5) is 0 Å². The molecule has 0 radical (unpaired) electrons. The Morgan fingerprint density at radius 3 is 0.861 bits per heavy atom. The molecule has 0 spiro atoms. The van der Waals surface area contributed by atoms with Gasteiger partial charge in [0.15, 0.2) is 6.10 Å². The summed E-state index contributed by atoms with van der Waals surface area (Å²) in [5.41, 5.74) is 0. The van der Waals surface area contributed by atoms with E-state index in [1.54, 1.807) is 0 Å². The first-order chi connectivity index (χ1) is 35.5. The summed E-state index contributed by atoms with van der Waals surface area (Å²) in [5.74, 6) is -0.905. The third-order valence-corrected chi connectivity index (χ3v) is 13.4. The van der Waals surface area contributed by atoms with E-state index < -0.39 is 6.10 Å². The second-order valence-electron chi connectivity index (χ2n) is 20.6. The molecule has 0 rings (SSSR count). The summed E-state index contributed by atoms with van der Waals surface area (Å²) in [6.45, 7) is 6.52. The summed E-state index contributed by atoms with van der Waals surface area (Å²) < 4.78 is 16.9. The van der Waals surface area contributed by atoms with Crippen LogP contribution >= 0.6 is 0 Å². The van der Waals surface area contributed by atoms with Crippen LogP contribution in [0.1, 0.15) is 310 Å². The van der Waals surface area contributed by atoms with Crippen molar-refractivity contribution in [2.24, 2.45) is 0 Å². The van der Waals surface area contributed by atoms with Gasteiger partial charge in [-0.3, -0.25) is 14.4 Å². The van der Waals surface area contributed by atoms with Crippen molar-refractivity contribution in [3.63, 3.8) is 0 Å². The molecule has 0 fully saturated rings. The van der Waals surface area contributed by atoms with Crippen molar-refractivity contribution < 1.29 is 28.6 Å². The first-order valence-corrected chi connectivity index (χ1v) is 30.9. The maximum Gasteiger partial charge on any atom is 0.306 e. The molecule has 6 heteroatoms. The van der Waals surface area contributed by atoms with Gasteiger partial charge in [-0.2, -0.15) is 0 Å². The first-order valence-electron chi connectivity index (χ1n) is 30.9. The van der Waals surface area contributed by atoms with Crippen molar-refractivity contribution in [2.75, 3.05) is 13.2 Å². The zero-order valence-corrected chi connectivity index (χ0v) is 47.7. The number of rotatable bonds is 56. The lowest BCUT2D eigenvalue weighted by Crippen LogP contribution is -2.30. The number of ether oxygens (including phenoxy) is 3. The lowest BCUT2D eigenvalue weighted by molar-refractivity contribution is -0.167. The van der Waals surface area contributed by atoms with E-state index >= 15 is 0 Å². The minimum absolute atomic E-state index is 0.0845. The highest BCUT2D eigenvalue weighted by Crippen LogP contribution is 2.16. The Labute approximate surface area is 446 Å². The number of esters is 3. The molecule has 0 saturated carbocycles. The molecule has 0 aliphatic heterocycles. The monoisotopic (exact) mass is 1000 g/mol. The minimum atomic E-state index is -0.788. The fourth-order valence-electron chi connectivity index (χ4n) is 8.82. The van der Waals surface area contributed by atoms with Gasteiger partial charge in [0, 0.05) is 19.3 Å². The third kappa shape index (κ3) is 57.7. The quantitative estimate of drug-likeness (QED) is 0.0261. The van der Waals surface area contributed by atoms with Gasteiger partial charge in [-0.25, -0.2) is 0 Å². The van der Waals surface area contributed by atoms with Crippen LogP contribution in [-0.4, -0.2) is 37.2 Å². The molecule has 1 atom stereocenters. The average molecular weight is 1010 g/mol. The van der Waals surface area contributed by atoms with Crippen LogP contribution in [0.2, 0.25) is 0 Å². The highest BCUT2D eigenvalue weighted by Gasteiger charge is 2.19. The van der Waals surface area contributed by atoms with Gasteiger partial charge in [0.1, 0.15) is 13.2 Å². The van der Waals surface area contributed by atoms with Crippen LogP contribution in [0.15, 0.2) is 72.9 Å². The number of carbonyl (C=O) groups excluding carboxylic acids is 3. The van der Waals surface area contributed by atoms with Gasteiger partial charge in [-0.15, -0.1) is 0 Å². The number of allylic oxidation sites excluding steroid dienone is 12. The summed E-state index contributed by atoms with van der Waals surface area (Å²) in [6.07, 6.45) is 77.6. The first kappa shape index (κ1) is 68.8. The molecule has 0 aliphatic rings. The highest BCUT2D eigenvalue weighted by atomic mass is 16.6. The Morgan fingerprint density at radius 1 is 0.292 bits per heavy atom. The van der Waals surface area contributed by atoms with E-state index in [-0.39, 0.29) is 31.1 Å². The Bertz CT molecular complexity index is 1340. The molecule has 0 aromatic heterocycles. The SMILES string of the molecule is CC/C=C\C/C=C\C/C=C\CCCCCC(=O)OCC(COC(=O)CCCCCCCCCCCC/C=C\C/C=C\C/C=C\CCCCCCC)OC(=O)CCCCCCCCCCCCCCCCCC. The molecular formula is C66H116O6. The molecule has 416 valence electrons. The molecule has 0 aliphatic carbocycles. The lowest BCUT2D eigenvalue weighted by atomic mass is 10.0. The van der Waals surface area contributed by atoms with Crippen molar-refractivity contribution in [2.45, 2.75) is 316 Å². The molecular weight excluding hydrogens is 889 g/mol. The number of hydrogen-bond donors (Lipinski definition) is 0. The van der Waals surface area contributed by atoms with Gasteiger partial charge < -0.3 is 14.2 Å². The number of unbranched alkanes of at least 4 members (excludes halogenated alkanes) is 33. The standard InChI is InChI=1S/C66H116O6/c1-4-7-10-13-16-19-22-25-27-29-30-31-32-33-34-35-36-37-39-41-44-47-50-53-56-59-65(68)71-62-63(61-70-64(67)58-55-52-49-46-43-40-24-21-18-15-12-9-6-3)72-66(69)60-57-54-51-48-45-42-38-28-26-23-20-17-14-11-8-5-2/h9,12,18,21-22,25,29-30,32-33,40,43,63H,4-8,10-11,13-17,19-20,23-24,26-28,31,34-39,41-42,44-62H2,1-3H3/b12-9-,21-18-,25-22-,30-29-,33-32-,43-40-. The second-order valence-corrected chi connectivity index (χ2v) is 20.6. The van der Waals surface area contributed by atoms with E-state index in [9.17, 15) is 14.4 Å². The average Bonchev–Trinajstić information content (AvgIpc) is 3.38. The predicted molar refractivity (Wildman–Crippen MR) is 311 cm³/mol. The normalized spacial score (nSPS) is 12.5. The van der Waals surface area contributed by atoms with Gasteiger partial charge in [0.05, 0.1) is 0 Å². The van der Waals surface area contributed by atoms with Gasteiger partial charge in [-0.1, -0.05) is 273 Å². The van der Waals surface area contributed by atoms with Gasteiger partial charge in [0.2, 0.25) is 0 Å². The largest absolute Gasteiger partial charge is 0.462 e. The van der Waals surface area contributed by atoms with E-state index in [2.05, 4.69) is 93.7 Å². The van der Waals surface area contributed by atoms with Crippen LogP contribution < -0.4 is 0 Å². The molecule has 0 N–H and O–H groups in total. The van der Waals surface area contributed by atoms with E-state index in [1.807, 2.05) is 0 Å². The molecule has 0 bridgehead atoms. The van der Waals surface area contributed by atoms with Crippen molar-refractivity contribution in [3.05, 3.63) is 72.9 Å². The summed E-state index contributed by atoms with van der Waals surface area (Å²) in [4.78, 5) is 38.2. The minimum Gasteiger partial charge on any atom is -0.462 e. The third-order valence-electron chi connectivity index (χ3n) is 13.4. The molecule has 0 aromatic carbocycles. The molecule has 1 unspecified atom stereocenters. The van der Waals surface area contributed by atoms with Gasteiger partial charge >= 0.3 is 17.9 Å². The zero-order chi connectivity index (χ0) is 52.2. The van der Waals surface area contributed by atoms with Crippen molar-refractivity contribution in [1.29, 1.82) is 0 Å². The molecule has 72 heavy (non-hydrogen) atoms. The Balaban J connectivity index is 4.31. The summed E-state index contributed by atoms with van der Waals surface area (Å²) in [6, 6.07) is 0. The van der Waals surface area contributed by atoms with Crippen molar-refractivity contribution in [1.82, 2.24) is 0 Å². The summed E-state index contributed by atoms with van der Waals surface area (Å²) in [5, 5.41) is 0. The van der Waals surface area contributed by atoms with E-state index in [0.29, 0.717) is 19.3 Å². The smallest absolute Gasteiger partial charge is 0.306 e. The summed E-state index contributed by atoms with van der Waals surface area (Å²) in [7, 11) is 0. The lowest BCUT2D eigenvalue weighted by Gasteiger charge is -2.18. The molecule has 6 nitrogen and oxygen atoms in total. The topological polar surface area (TPSA) is 78.9 Å². The van der Waals surface area contributed by atoms with Crippen LogP contribution in [0.5, 0.6) is 0 Å². The highest BCUT2D eigenvalue weighted by molar-refractivity contribution is 5.71. The zero-order valence-electron chi connectivity index (χ0n) is 47.7. The van der Waals surface area contributed by atoms with Gasteiger partial charge in [-0.05, 0) is 89.9 Å². The van der Waals surface area contributed by atoms with Crippen molar-refractivity contribution >= 4 is 17.9 Å². The fraction of sp³-hybridized carbons (Fsp3) is 0.773. The van der Waals surface area contributed by atoms with Crippen LogP contribution in [-0.2, 0) is 28.6 Å². The predicted octanol–water partition coefficient (Wildman–Crippen LogP) is 20.9. The molecule has 0 saturated heterocycles. The van der Waals surface area contributed by atoms with Crippen molar-refractivity contribution in [3.8, 4) is 0 Å². The van der Waals surface area contributed by atoms with E-state index in [1.165, 1.54) is 173 Å². The second kappa shape index (κ2) is 60.4. The maximum absolute atomic E-state index is 12.9. The fourth-order valence-corrected chi connectivity index (χ4v) is 8.82.